The van der Waals surface area contributed by atoms with Gasteiger partial charge in [-0.2, -0.15) is 8.42 Å². The first kappa shape index (κ1) is 14.3. The third-order valence-corrected chi connectivity index (χ3v) is 4.58. The van der Waals surface area contributed by atoms with E-state index in [1.165, 1.54) is 24.3 Å². The summed E-state index contributed by atoms with van der Waals surface area (Å²) >= 11 is 0. The van der Waals surface area contributed by atoms with Crippen LogP contribution in [0.3, 0.4) is 0 Å². The summed E-state index contributed by atoms with van der Waals surface area (Å²) < 4.78 is 58.9. The monoisotopic (exact) mass is 304 g/mol. The molecule has 0 spiro atoms. The third kappa shape index (κ3) is 2.89. The zero-order valence-electron chi connectivity index (χ0n) is 9.81. The predicted molar refractivity (Wildman–Crippen MR) is 72.2 cm³/mol. The zero-order chi connectivity index (χ0) is 14.4. The normalized spacial score (nSPS) is 13.7. The van der Waals surface area contributed by atoms with E-state index in [9.17, 15) is 22.1 Å². The van der Waals surface area contributed by atoms with Crippen molar-refractivity contribution in [1.29, 1.82) is 0 Å². The molecule has 0 saturated carbocycles. The molecule has 2 rings (SSSR count). The molecular weight excluding hydrogens is 292 g/mol. The van der Waals surface area contributed by atoms with Gasteiger partial charge in [-0.25, -0.2) is 0 Å². The minimum absolute atomic E-state index is 0.0764. The standard InChI is InChI=1S/C11H12O6S2/c1-7-4-8-2-3-10(18(12,13)14)5-9(8)6-11(7)19(15,16)17/h2-6,15-17H,1H3,(H,12,13,14). The minimum Gasteiger partial charge on any atom is -0.304 e. The van der Waals surface area contributed by atoms with Crippen molar-refractivity contribution < 1.29 is 26.6 Å². The molecule has 0 aromatic heterocycles. The van der Waals surface area contributed by atoms with E-state index in [0.29, 0.717) is 16.3 Å². The van der Waals surface area contributed by atoms with Crippen LogP contribution in [0.4, 0.5) is 0 Å². The first-order valence-corrected chi connectivity index (χ1v) is 8.06. The highest BCUT2D eigenvalue weighted by Crippen LogP contribution is 2.46. The van der Waals surface area contributed by atoms with Crippen molar-refractivity contribution in [3.63, 3.8) is 0 Å². The number of fused-ring (bicyclic) bond motifs is 1. The van der Waals surface area contributed by atoms with Crippen LogP contribution in [-0.2, 0) is 10.1 Å². The fourth-order valence-corrected chi connectivity index (χ4v) is 3.12. The molecule has 0 aliphatic heterocycles. The number of aryl methyl sites for hydroxylation is 1. The SMILES string of the molecule is Cc1cc2ccc(S(=O)(=O)O)cc2cc1S(O)(O)O. The lowest BCUT2D eigenvalue weighted by molar-refractivity contribution is 0.375. The Hall–Kier alpha value is -1.16. The van der Waals surface area contributed by atoms with Gasteiger partial charge in [0.25, 0.3) is 10.1 Å². The molecule has 0 atom stereocenters. The average molecular weight is 304 g/mol. The van der Waals surface area contributed by atoms with Crippen LogP contribution in [0.5, 0.6) is 0 Å². The van der Waals surface area contributed by atoms with Gasteiger partial charge in [0.2, 0.25) is 0 Å². The van der Waals surface area contributed by atoms with Crippen LogP contribution in [0.2, 0.25) is 0 Å². The second-order valence-corrected chi connectivity index (χ2v) is 7.02. The molecule has 2 aromatic rings. The summed E-state index contributed by atoms with van der Waals surface area (Å²) in [6.07, 6.45) is 0. The molecule has 0 unspecified atom stereocenters. The fraction of sp³-hybridized carbons (Fsp3) is 0.0909. The van der Waals surface area contributed by atoms with Gasteiger partial charge >= 0.3 is 0 Å². The topological polar surface area (TPSA) is 115 Å². The lowest BCUT2D eigenvalue weighted by atomic mass is 10.1. The van der Waals surface area contributed by atoms with Gasteiger partial charge < -0.3 is 13.7 Å². The molecule has 0 heterocycles. The maximum Gasteiger partial charge on any atom is 0.294 e. The van der Waals surface area contributed by atoms with Crippen LogP contribution >= 0.6 is 10.9 Å². The van der Waals surface area contributed by atoms with Gasteiger partial charge in [0.15, 0.2) is 0 Å². The molecule has 0 radical (unpaired) electrons. The smallest absolute Gasteiger partial charge is 0.294 e. The van der Waals surface area contributed by atoms with E-state index in [0.717, 1.165) is 0 Å². The first-order chi connectivity index (χ1) is 8.59. The number of benzene rings is 2. The van der Waals surface area contributed by atoms with Crippen LogP contribution in [0.15, 0.2) is 40.1 Å². The Morgan fingerprint density at radius 1 is 0.895 bits per heavy atom. The summed E-state index contributed by atoms with van der Waals surface area (Å²) in [5, 5.41) is 1.02. The maximum atomic E-state index is 11.0. The molecule has 104 valence electrons. The average Bonchev–Trinajstić information content (AvgIpc) is 2.24. The van der Waals surface area contributed by atoms with Crippen molar-refractivity contribution in [3.8, 4) is 0 Å². The third-order valence-electron chi connectivity index (χ3n) is 2.70. The second kappa shape index (κ2) is 4.44. The molecule has 0 amide bonds. The van der Waals surface area contributed by atoms with E-state index < -0.39 is 21.0 Å². The Morgan fingerprint density at radius 3 is 2.05 bits per heavy atom. The summed E-state index contributed by atoms with van der Waals surface area (Å²) in [5.41, 5.74) is 0.467. The van der Waals surface area contributed by atoms with Crippen LogP contribution in [0.25, 0.3) is 10.8 Å². The quantitative estimate of drug-likeness (QED) is 0.634. The molecular formula is C11H12O6S2. The van der Waals surface area contributed by atoms with Crippen LogP contribution < -0.4 is 0 Å². The number of rotatable bonds is 2. The Labute approximate surface area is 111 Å². The molecule has 2 aromatic carbocycles. The molecule has 0 aliphatic rings. The van der Waals surface area contributed by atoms with Crippen LogP contribution in [-0.4, -0.2) is 26.6 Å². The predicted octanol–water partition coefficient (Wildman–Crippen LogP) is 2.98. The molecule has 0 fully saturated rings. The molecule has 4 N–H and O–H groups in total. The summed E-state index contributed by atoms with van der Waals surface area (Å²) in [6.45, 7) is 1.59. The summed E-state index contributed by atoms with van der Waals surface area (Å²) in [6, 6.07) is 6.79. The van der Waals surface area contributed by atoms with Crippen molar-refractivity contribution in [2.45, 2.75) is 16.7 Å². The Bertz CT molecular complexity index is 746. The molecule has 0 saturated heterocycles. The van der Waals surface area contributed by atoms with Crippen LogP contribution in [0.1, 0.15) is 5.56 Å². The van der Waals surface area contributed by atoms with Gasteiger partial charge in [0.1, 0.15) is 10.9 Å². The van der Waals surface area contributed by atoms with Gasteiger partial charge in [-0.3, -0.25) is 4.55 Å². The highest BCUT2D eigenvalue weighted by molar-refractivity contribution is 8.19. The molecule has 19 heavy (non-hydrogen) atoms. The second-order valence-electron chi connectivity index (χ2n) is 4.12. The van der Waals surface area contributed by atoms with Crippen molar-refractivity contribution in [3.05, 3.63) is 35.9 Å². The minimum atomic E-state index is -4.33. The Morgan fingerprint density at radius 2 is 1.53 bits per heavy atom. The largest absolute Gasteiger partial charge is 0.304 e. The van der Waals surface area contributed by atoms with E-state index >= 15 is 0 Å². The van der Waals surface area contributed by atoms with Gasteiger partial charge in [-0.05, 0) is 41.5 Å². The summed E-state index contributed by atoms with van der Waals surface area (Å²) in [5.74, 6) is 0. The van der Waals surface area contributed by atoms with Gasteiger partial charge in [0.05, 0.1) is 9.79 Å². The van der Waals surface area contributed by atoms with Gasteiger partial charge in [0, 0.05) is 0 Å². The Kier molecular flexibility index (Phi) is 3.33. The van der Waals surface area contributed by atoms with E-state index in [1.54, 1.807) is 13.0 Å². The van der Waals surface area contributed by atoms with Crippen molar-refractivity contribution in [2.24, 2.45) is 0 Å². The van der Waals surface area contributed by atoms with Crippen molar-refractivity contribution in [1.82, 2.24) is 0 Å². The maximum absolute atomic E-state index is 11.0. The van der Waals surface area contributed by atoms with E-state index in [4.69, 9.17) is 4.55 Å². The zero-order valence-corrected chi connectivity index (χ0v) is 11.4. The van der Waals surface area contributed by atoms with Crippen molar-refractivity contribution in [2.75, 3.05) is 0 Å². The lowest BCUT2D eigenvalue weighted by Gasteiger charge is -2.22. The Balaban J connectivity index is 2.76. The highest BCUT2D eigenvalue weighted by atomic mass is 32.3. The van der Waals surface area contributed by atoms with Crippen LogP contribution in [0, 0.1) is 6.92 Å². The number of hydrogen-bond acceptors (Lipinski definition) is 5. The van der Waals surface area contributed by atoms with E-state index in [1.807, 2.05) is 0 Å². The number of hydrogen-bond donors (Lipinski definition) is 4. The van der Waals surface area contributed by atoms with Gasteiger partial charge in [-0.1, -0.05) is 12.1 Å². The fourth-order valence-electron chi connectivity index (χ4n) is 1.82. The first-order valence-electron chi connectivity index (χ1n) is 5.11. The molecule has 8 heteroatoms. The molecule has 0 aliphatic carbocycles. The summed E-state index contributed by atoms with van der Waals surface area (Å²) in [4.78, 5) is -0.378. The van der Waals surface area contributed by atoms with E-state index in [2.05, 4.69) is 0 Å². The highest BCUT2D eigenvalue weighted by Gasteiger charge is 2.19. The van der Waals surface area contributed by atoms with E-state index in [-0.39, 0.29) is 9.79 Å². The lowest BCUT2D eigenvalue weighted by Crippen LogP contribution is -2.00. The van der Waals surface area contributed by atoms with Gasteiger partial charge in [-0.15, -0.1) is 0 Å². The van der Waals surface area contributed by atoms with Crippen molar-refractivity contribution >= 4 is 31.8 Å². The summed E-state index contributed by atoms with van der Waals surface area (Å²) in [7, 11) is -8.22. The molecule has 0 bridgehead atoms. The molecule has 6 nitrogen and oxygen atoms in total.